The van der Waals surface area contributed by atoms with Gasteiger partial charge in [-0.2, -0.15) is 0 Å². The van der Waals surface area contributed by atoms with Crippen LogP contribution in [-0.2, 0) is 0 Å². The quantitative estimate of drug-likeness (QED) is 0.872. The van der Waals surface area contributed by atoms with E-state index in [1.165, 1.54) is 19.4 Å². The topological polar surface area (TPSA) is 67.6 Å². The molecule has 5 nitrogen and oxygen atoms in total. The lowest BCUT2D eigenvalue weighted by atomic mass is 10.1. The summed E-state index contributed by atoms with van der Waals surface area (Å²) in [5.74, 6) is 0.344. The molecule has 2 fully saturated rings. The molecular formula is C15H21N3O2. The summed E-state index contributed by atoms with van der Waals surface area (Å²) in [6.07, 6.45) is 3.66. The lowest BCUT2D eigenvalue weighted by Crippen LogP contribution is -2.33. The van der Waals surface area contributed by atoms with Gasteiger partial charge < -0.3 is 15.8 Å². The standard InChI is InChI=1S/C15H21N3O2/c1-20-14-5-4-10(15(16)19)9-12(14)17-11-6-8-18-7-2-3-13(11)18/h4-5,9,11,13,17H,2-3,6-8H2,1H3,(H2,16,19). The Labute approximate surface area is 119 Å². The normalized spacial score (nSPS) is 25.4. The van der Waals surface area contributed by atoms with Crippen molar-refractivity contribution in [3.05, 3.63) is 23.8 Å². The van der Waals surface area contributed by atoms with Crippen molar-refractivity contribution in [1.82, 2.24) is 4.90 Å². The molecule has 2 saturated heterocycles. The number of nitrogens with zero attached hydrogens (tertiary/aromatic N) is 1. The number of fused-ring (bicyclic) bond motifs is 1. The monoisotopic (exact) mass is 275 g/mol. The molecule has 0 aromatic heterocycles. The van der Waals surface area contributed by atoms with Crippen LogP contribution < -0.4 is 15.8 Å². The second-order valence-electron chi connectivity index (χ2n) is 5.56. The molecule has 2 heterocycles. The molecule has 0 saturated carbocycles. The Morgan fingerprint density at radius 3 is 3.00 bits per heavy atom. The molecule has 1 aromatic carbocycles. The van der Waals surface area contributed by atoms with Gasteiger partial charge in [0.2, 0.25) is 5.91 Å². The Balaban J connectivity index is 1.82. The fourth-order valence-electron chi connectivity index (χ4n) is 3.42. The largest absolute Gasteiger partial charge is 0.495 e. The van der Waals surface area contributed by atoms with E-state index in [9.17, 15) is 4.79 Å². The number of amides is 1. The third kappa shape index (κ3) is 2.33. The summed E-state index contributed by atoms with van der Waals surface area (Å²) in [6.45, 7) is 2.36. The van der Waals surface area contributed by atoms with E-state index >= 15 is 0 Å². The predicted octanol–water partition coefficient (Wildman–Crippen LogP) is 1.44. The molecule has 5 heteroatoms. The number of ether oxygens (including phenoxy) is 1. The van der Waals surface area contributed by atoms with E-state index in [4.69, 9.17) is 10.5 Å². The molecule has 2 unspecified atom stereocenters. The molecule has 1 amide bonds. The number of methoxy groups -OCH3 is 1. The van der Waals surface area contributed by atoms with E-state index in [0.29, 0.717) is 17.6 Å². The summed E-state index contributed by atoms with van der Waals surface area (Å²) < 4.78 is 5.37. The van der Waals surface area contributed by atoms with Crippen molar-refractivity contribution in [3.63, 3.8) is 0 Å². The number of hydrogen-bond acceptors (Lipinski definition) is 4. The first-order valence-corrected chi connectivity index (χ1v) is 7.17. The molecule has 3 N–H and O–H groups in total. The number of hydrogen-bond donors (Lipinski definition) is 2. The zero-order chi connectivity index (χ0) is 14.1. The van der Waals surface area contributed by atoms with Crippen molar-refractivity contribution < 1.29 is 9.53 Å². The Kier molecular flexibility index (Phi) is 3.53. The first kappa shape index (κ1) is 13.2. The minimum Gasteiger partial charge on any atom is -0.495 e. The average Bonchev–Trinajstić information content (AvgIpc) is 3.03. The van der Waals surface area contributed by atoms with Crippen molar-refractivity contribution in [2.45, 2.75) is 31.3 Å². The van der Waals surface area contributed by atoms with Crippen LogP contribution in [0.15, 0.2) is 18.2 Å². The van der Waals surface area contributed by atoms with E-state index < -0.39 is 5.91 Å². The Bertz CT molecular complexity index is 518. The minimum absolute atomic E-state index is 0.412. The second kappa shape index (κ2) is 5.32. The average molecular weight is 275 g/mol. The molecule has 3 rings (SSSR count). The van der Waals surface area contributed by atoms with E-state index in [2.05, 4.69) is 10.2 Å². The molecule has 0 radical (unpaired) electrons. The van der Waals surface area contributed by atoms with Crippen molar-refractivity contribution >= 4 is 11.6 Å². The number of anilines is 1. The Morgan fingerprint density at radius 2 is 2.25 bits per heavy atom. The van der Waals surface area contributed by atoms with Crippen LogP contribution in [0.2, 0.25) is 0 Å². The van der Waals surface area contributed by atoms with Crippen LogP contribution in [-0.4, -0.2) is 43.1 Å². The highest BCUT2D eigenvalue weighted by atomic mass is 16.5. The minimum atomic E-state index is -0.412. The van der Waals surface area contributed by atoms with Gasteiger partial charge >= 0.3 is 0 Å². The van der Waals surface area contributed by atoms with Gasteiger partial charge in [0.05, 0.1) is 12.8 Å². The smallest absolute Gasteiger partial charge is 0.248 e. The van der Waals surface area contributed by atoms with Crippen LogP contribution in [0.3, 0.4) is 0 Å². The van der Waals surface area contributed by atoms with E-state index in [1.54, 1.807) is 25.3 Å². The summed E-state index contributed by atoms with van der Waals surface area (Å²) in [6, 6.07) is 6.32. The molecule has 108 valence electrons. The van der Waals surface area contributed by atoms with Crippen LogP contribution >= 0.6 is 0 Å². The van der Waals surface area contributed by atoms with Crippen molar-refractivity contribution in [2.24, 2.45) is 5.73 Å². The van der Waals surface area contributed by atoms with E-state index in [0.717, 1.165) is 24.4 Å². The lowest BCUT2D eigenvalue weighted by molar-refractivity contribution is 0.100. The maximum Gasteiger partial charge on any atom is 0.248 e. The molecule has 1 aromatic rings. The first-order chi connectivity index (χ1) is 9.69. The number of benzene rings is 1. The van der Waals surface area contributed by atoms with Crippen LogP contribution in [0, 0.1) is 0 Å². The summed E-state index contributed by atoms with van der Waals surface area (Å²) in [5.41, 5.74) is 6.72. The SMILES string of the molecule is COc1ccc(C(N)=O)cc1NC1CCN2CCCC12. The van der Waals surface area contributed by atoms with Gasteiger partial charge in [0.1, 0.15) is 5.75 Å². The predicted molar refractivity (Wildman–Crippen MR) is 78.1 cm³/mol. The molecule has 0 spiro atoms. The fourth-order valence-corrected chi connectivity index (χ4v) is 3.42. The van der Waals surface area contributed by atoms with E-state index in [-0.39, 0.29) is 0 Å². The zero-order valence-electron chi connectivity index (χ0n) is 11.8. The maximum absolute atomic E-state index is 11.3. The summed E-state index contributed by atoms with van der Waals surface area (Å²) in [5, 5.41) is 3.55. The molecule has 2 aliphatic rings. The molecule has 20 heavy (non-hydrogen) atoms. The van der Waals surface area contributed by atoms with Crippen LogP contribution in [0.25, 0.3) is 0 Å². The van der Waals surface area contributed by atoms with Gasteiger partial charge in [-0.25, -0.2) is 0 Å². The van der Waals surface area contributed by atoms with Gasteiger partial charge in [0.25, 0.3) is 0 Å². The van der Waals surface area contributed by atoms with Crippen molar-refractivity contribution in [3.8, 4) is 5.75 Å². The number of nitrogens with two attached hydrogens (primary N) is 1. The lowest BCUT2D eigenvalue weighted by Gasteiger charge is -2.23. The third-order valence-corrected chi connectivity index (χ3v) is 4.43. The number of nitrogens with one attached hydrogen (secondary N) is 1. The number of carbonyl (C=O) groups is 1. The highest BCUT2D eigenvalue weighted by Gasteiger charge is 2.37. The summed E-state index contributed by atoms with van der Waals surface area (Å²) in [7, 11) is 1.64. The van der Waals surface area contributed by atoms with E-state index in [1.807, 2.05) is 0 Å². The number of primary amides is 1. The second-order valence-corrected chi connectivity index (χ2v) is 5.56. The van der Waals surface area contributed by atoms with Crippen LogP contribution in [0.4, 0.5) is 5.69 Å². The molecule has 0 aliphatic carbocycles. The Hall–Kier alpha value is -1.75. The highest BCUT2D eigenvalue weighted by Crippen LogP contribution is 2.33. The highest BCUT2D eigenvalue weighted by molar-refractivity contribution is 5.94. The number of rotatable bonds is 4. The van der Waals surface area contributed by atoms with Crippen molar-refractivity contribution in [1.29, 1.82) is 0 Å². The number of carbonyl (C=O) groups excluding carboxylic acids is 1. The third-order valence-electron chi connectivity index (χ3n) is 4.43. The van der Waals surface area contributed by atoms with Gasteiger partial charge in [-0.1, -0.05) is 0 Å². The van der Waals surface area contributed by atoms with Gasteiger partial charge in [-0.15, -0.1) is 0 Å². The molecule has 2 atom stereocenters. The zero-order valence-corrected chi connectivity index (χ0v) is 11.8. The summed E-state index contributed by atoms with van der Waals surface area (Å²) >= 11 is 0. The van der Waals surface area contributed by atoms with Crippen molar-refractivity contribution in [2.75, 3.05) is 25.5 Å². The Morgan fingerprint density at radius 1 is 1.40 bits per heavy atom. The van der Waals surface area contributed by atoms with Gasteiger partial charge in [0.15, 0.2) is 0 Å². The fraction of sp³-hybridized carbons (Fsp3) is 0.533. The molecular weight excluding hydrogens is 254 g/mol. The van der Waals surface area contributed by atoms with Crippen LogP contribution in [0.1, 0.15) is 29.6 Å². The molecule has 2 aliphatic heterocycles. The molecule has 0 bridgehead atoms. The van der Waals surface area contributed by atoms with Gasteiger partial charge in [-0.3, -0.25) is 9.69 Å². The first-order valence-electron chi connectivity index (χ1n) is 7.17. The van der Waals surface area contributed by atoms with Gasteiger partial charge in [0, 0.05) is 24.2 Å². The van der Waals surface area contributed by atoms with Crippen LogP contribution in [0.5, 0.6) is 5.75 Å². The maximum atomic E-state index is 11.3. The van der Waals surface area contributed by atoms with Gasteiger partial charge in [-0.05, 0) is 44.0 Å². The summed E-state index contributed by atoms with van der Waals surface area (Å²) in [4.78, 5) is 13.9.